The average Bonchev–Trinajstić information content (AvgIpc) is 2.63. The van der Waals surface area contributed by atoms with Crippen LogP contribution in [-0.2, 0) is 4.79 Å². The maximum atomic E-state index is 12.3. The van der Waals surface area contributed by atoms with E-state index in [-0.39, 0.29) is 5.56 Å². The van der Waals surface area contributed by atoms with Crippen LogP contribution in [0.1, 0.15) is 21.5 Å². The number of carbonyl (C=O) groups is 2. The first-order chi connectivity index (χ1) is 11.6. The fourth-order valence-corrected chi connectivity index (χ4v) is 1.95. The van der Waals surface area contributed by atoms with Gasteiger partial charge in [-0.15, -0.1) is 0 Å². The Kier molecular flexibility index (Phi) is 5.03. The van der Waals surface area contributed by atoms with E-state index in [2.05, 4.69) is 5.32 Å². The highest BCUT2D eigenvalue weighted by atomic mass is 16.2. The molecule has 1 amide bonds. The van der Waals surface area contributed by atoms with Gasteiger partial charge in [0.2, 0.25) is 5.91 Å². The number of anilines is 1. The van der Waals surface area contributed by atoms with E-state index in [9.17, 15) is 9.59 Å². The highest BCUT2D eigenvalue weighted by Crippen LogP contribution is 2.14. The van der Waals surface area contributed by atoms with Gasteiger partial charge in [-0.05, 0) is 36.4 Å². The number of nitrogens with one attached hydrogen (secondary N) is 1. The van der Waals surface area contributed by atoms with Gasteiger partial charge >= 0.3 is 0 Å². The van der Waals surface area contributed by atoms with Crippen LogP contribution in [-0.4, -0.2) is 11.7 Å². The van der Waals surface area contributed by atoms with Gasteiger partial charge in [-0.1, -0.05) is 12.1 Å². The predicted molar refractivity (Wildman–Crippen MR) is 84.4 cm³/mol. The van der Waals surface area contributed by atoms with Gasteiger partial charge in [0.05, 0.1) is 29.3 Å². The Hall–Kier alpha value is -3.95. The van der Waals surface area contributed by atoms with Crippen molar-refractivity contribution in [1.29, 1.82) is 15.8 Å². The van der Waals surface area contributed by atoms with Gasteiger partial charge in [-0.3, -0.25) is 9.59 Å². The first-order valence-electron chi connectivity index (χ1n) is 6.84. The van der Waals surface area contributed by atoms with E-state index in [4.69, 9.17) is 15.8 Å². The molecule has 24 heavy (non-hydrogen) atoms. The SMILES string of the molecule is N#Cc1ccc(NC(=O)C(C#N)C(=O)c2ccc(C#N)cc2)cc1. The normalized spacial score (nSPS) is 10.5. The molecule has 1 atom stereocenters. The second kappa shape index (κ2) is 7.35. The number of benzene rings is 2. The zero-order valence-electron chi connectivity index (χ0n) is 12.4. The zero-order valence-corrected chi connectivity index (χ0v) is 12.4. The lowest BCUT2D eigenvalue weighted by Crippen LogP contribution is -2.28. The van der Waals surface area contributed by atoms with E-state index in [1.54, 1.807) is 6.07 Å². The van der Waals surface area contributed by atoms with Crippen molar-refractivity contribution in [2.45, 2.75) is 0 Å². The molecule has 0 aliphatic carbocycles. The van der Waals surface area contributed by atoms with Gasteiger partial charge in [0.25, 0.3) is 0 Å². The van der Waals surface area contributed by atoms with Crippen LogP contribution in [0.3, 0.4) is 0 Å². The molecule has 0 aliphatic rings. The quantitative estimate of drug-likeness (QED) is 0.686. The molecule has 2 aromatic carbocycles. The number of ketones is 1. The van der Waals surface area contributed by atoms with Crippen LogP contribution in [0.25, 0.3) is 0 Å². The van der Waals surface area contributed by atoms with Crippen LogP contribution in [0, 0.1) is 39.9 Å². The molecule has 0 bridgehead atoms. The Morgan fingerprint density at radius 3 is 1.79 bits per heavy atom. The molecule has 0 aromatic heterocycles. The molecule has 0 saturated heterocycles. The molecule has 0 fully saturated rings. The molecule has 1 N–H and O–H groups in total. The second-order valence-corrected chi connectivity index (χ2v) is 4.79. The molecule has 0 aliphatic heterocycles. The maximum absolute atomic E-state index is 12.3. The van der Waals surface area contributed by atoms with Gasteiger partial charge in [-0.2, -0.15) is 15.8 Å². The molecular formula is C18H10N4O2. The van der Waals surface area contributed by atoms with Crippen molar-refractivity contribution in [2.24, 2.45) is 5.92 Å². The van der Waals surface area contributed by atoms with Crippen LogP contribution < -0.4 is 5.32 Å². The van der Waals surface area contributed by atoms with Crippen molar-refractivity contribution in [3.63, 3.8) is 0 Å². The van der Waals surface area contributed by atoms with Gasteiger partial charge in [0.15, 0.2) is 11.7 Å². The number of Topliss-reactive ketones (excluding diaryl/α,β-unsaturated/α-hetero) is 1. The standard InChI is InChI=1S/C18H10N4O2/c19-9-12-1-5-14(6-2-12)17(23)16(11-21)18(24)22-15-7-3-13(10-20)4-8-15/h1-8,16H,(H,22,24). The van der Waals surface area contributed by atoms with Crippen LogP contribution in [0.5, 0.6) is 0 Å². The fraction of sp³-hybridized carbons (Fsp3) is 0.0556. The molecule has 0 spiro atoms. The minimum absolute atomic E-state index is 0.176. The highest BCUT2D eigenvalue weighted by molar-refractivity contribution is 6.15. The van der Waals surface area contributed by atoms with Crippen LogP contribution in [0.4, 0.5) is 5.69 Å². The minimum Gasteiger partial charge on any atom is -0.325 e. The van der Waals surface area contributed by atoms with E-state index in [1.165, 1.54) is 48.5 Å². The molecule has 0 saturated carbocycles. The van der Waals surface area contributed by atoms with E-state index in [1.807, 2.05) is 12.1 Å². The Morgan fingerprint density at radius 1 is 0.833 bits per heavy atom. The van der Waals surface area contributed by atoms with Crippen LogP contribution >= 0.6 is 0 Å². The van der Waals surface area contributed by atoms with Gasteiger partial charge in [-0.25, -0.2) is 0 Å². The number of amides is 1. The van der Waals surface area contributed by atoms with Crippen LogP contribution in [0.2, 0.25) is 0 Å². The smallest absolute Gasteiger partial charge is 0.249 e. The third-order valence-electron chi connectivity index (χ3n) is 3.23. The summed E-state index contributed by atoms with van der Waals surface area (Å²) in [5.74, 6) is -2.90. The lowest BCUT2D eigenvalue weighted by atomic mass is 9.97. The monoisotopic (exact) mass is 314 g/mol. The van der Waals surface area contributed by atoms with Gasteiger partial charge in [0, 0.05) is 11.3 Å². The zero-order chi connectivity index (χ0) is 17.5. The summed E-state index contributed by atoms with van der Waals surface area (Å²) in [7, 11) is 0. The molecule has 0 radical (unpaired) electrons. The summed E-state index contributed by atoms with van der Waals surface area (Å²) in [4.78, 5) is 24.5. The van der Waals surface area contributed by atoms with Crippen molar-refractivity contribution >= 4 is 17.4 Å². The Bertz CT molecular complexity index is 895. The summed E-state index contributed by atoms with van der Waals surface area (Å²) >= 11 is 0. The topological polar surface area (TPSA) is 118 Å². The summed E-state index contributed by atoms with van der Waals surface area (Å²) < 4.78 is 0. The molecule has 2 rings (SSSR count). The number of rotatable bonds is 4. The van der Waals surface area contributed by atoms with Crippen molar-refractivity contribution in [3.05, 3.63) is 65.2 Å². The second-order valence-electron chi connectivity index (χ2n) is 4.79. The lowest BCUT2D eigenvalue weighted by molar-refractivity contribution is -0.117. The summed E-state index contributed by atoms with van der Waals surface area (Å²) in [5, 5.41) is 29.1. The van der Waals surface area contributed by atoms with Gasteiger partial charge < -0.3 is 5.32 Å². The van der Waals surface area contributed by atoms with Crippen molar-refractivity contribution in [2.75, 3.05) is 5.32 Å². The minimum atomic E-state index is -1.51. The Balaban J connectivity index is 2.15. The summed E-state index contributed by atoms with van der Waals surface area (Å²) in [5.41, 5.74) is 1.36. The molecule has 6 nitrogen and oxygen atoms in total. The predicted octanol–water partition coefficient (Wildman–Crippen LogP) is 2.39. The third-order valence-corrected chi connectivity index (χ3v) is 3.23. The number of hydrogen-bond acceptors (Lipinski definition) is 5. The van der Waals surface area contributed by atoms with E-state index in [0.717, 1.165) is 0 Å². The maximum Gasteiger partial charge on any atom is 0.249 e. The summed E-state index contributed by atoms with van der Waals surface area (Å²) in [6.45, 7) is 0. The highest BCUT2D eigenvalue weighted by Gasteiger charge is 2.27. The number of hydrogen-bond donors (Lipinski definition) is 1. The molecular weight excluding hydrogens is 304 g/mol. The third kappa shape index (κ3) is 3.62. The van der Waals surface area contributed by atoms with Crippen molar-refractivity contribution in [3.8, 4) is 18.2 Å². The summed E-state index contributed by atoms with van der Waals surface area (Å²) in [6, 6.07) is 17.3. The number of carbonyl (C=O) groups excluding carboxylic acids is 2. The largest absolute Gasteiger partial charge is 0.325 e. The van der Waals surface area contributed by atoms with Crippen molar-refractivity contribution < 1.29 is 9.59 Å². The molecule has 0 heterocycles. The van der Waals surface area contributed by atoms with E-state index >= 15 is 0 Å². The molecule has 114 valence electrons. The summed E-state index contributed by atoms with van der Waals surface area (Å²) in [6.07, 6.45) is 0. The number of nitriles is 3. The Morgan fingerprint density at radius 2 is 1.33 bits per heavy atom. The fourth-order valence-electron chi connectivity index (χ4n) is 1.95. The number of nitrogens with zero attached hydrogens (tertiary/aromatic N) is 3. The molecule has 2 aromatic rings. The molecule has 1 unspecified atom stereocenters. The molecule has 6 heteroatoms. The van der Waals surface area contributed by atoms with Crippen LogP contribution in [0.15, 0.2) is 48.5 Å². The van der Waals surface area contributed by atoms with Crippen molar-refractivity contribution in [1.82, 2.24) is 0 Å². The first kappa shape index (κ1) is 16.4. The lowest BCUT2D eigenvalue weighted by Gasteiger charge is -2.10. The van der Waals surface area contributed by atoms with Gasteiger partial charge in [0.1, 0.15) is 0 Å². The van der Waals surface area contributed by atoms with E-state index < -0.39 is 17.6 Å². The van der Waals surface area contributed by atoms with E-state index in [0.29, 0.717) is 16.8 Å². The average molecular weight is 314 g/mol. The Labute approximate surface area is 138 Å². The first-order valence-corrected chi connectivity index (χ1v) is 6.84.